The van der Waals surface area contributed by atoms with Crippen LogP contribution in [0.3, 0.4) is 0 Å². The van der Waals surface area contributed by atoms with Gasteiger partial charge in [0.05, 0.1) is 17.2 Å². The van der Waals surface area contributed by atoms with E-state index in [1.54, 1.807) is 38.0 Å². The fourth-order valence-electron chi connectivity index (χ4n) is 2.86. The van der Waals surface area contributed by atoms with E-state index in [1.807, 2.05) is 36.4 Å². The van der Waals surface area contributed by atoms with Crippen LogP contribution in [0.1, 0.15) is 5.56 Å². The van der Waals surface area contributed by atoms with Crippen LogP contribution in [0.5, 0.6) is 0 Å². The third-order valence-electron chi connectivity index (χ3n) is 4.25. The van der Waals surface area contributed by atoms with E-state index in [-0.39, 0.29) is 0 Å². The van der Waals surface area contributed by atoms with E-state index in [9.17, 15) is 0 Å². The number of allylic oxidation sites excluding steroid dienone is 1. The Morgan fingerprint density at radius 3 is 2.62 bits per heavy atom. The van der Waals surface area contributed by atoms with Crippen LogP contribution in [0, 0.1) is 5.41 Å². The molecule has 0 aliphatic carbocycles. The molecular formula is C21H18N8. The van der Waals surface area contributed by atoms with Crippen LogP contribution in [0.25, 0.3) is 27.7 Å². The minimum atomic E-state index is 0.588. The van der Waals surface area contributed by atoms with Crippen LogP contribution >= 0.6 is 0 Å². The van der Waals surface area contributed by atoms with Gasteiger partial charge in [0.15, 0.2) is 5.82 Å². The zero-order valence-corrected chi connectivity index (χ0v) is 15.7. The molecule has 0 radical (unpaired) electrons. The first kappa shape index (κ1) is 18.2. The number of aromatic nitrogens is 5. The van der Waals surface area contributed by atoms with E-state index in [4.69, 9.17) is 5.41 Å². The number of anilines is 2. The monoisotopic (exact) mass is 382 g/mol. The summed E-state index contributed by atoms with van der Waals surface area (Å²) in [6.45, 7) is 0. The van der Waals surface area contributed by atoms with Crippen molar-refractivity contribution in [3.05, 3.63) is 72.9 Å². The lowest BCUT2D eigenvalue weighted by Crippen LogP contribution is -2.00. The fourth-order valence-corrected chi connectivity index (χ4v) is 2.86. The molecule has 4 aromatic rings. The summed E-state index contributed by atoms with van der Waals surface area (Å²) >= 11 is 0. The van der Waals surface area contributed by atoms with Gasteiger partial charge in [-0.3, -0.25) is 9.97 Å². The third-order valence-corrected chi connectivity index (χ3v) is 4.25. The average Bonchev–Trinajstić information content (AvgIpc) is 2.78. The Kier molecular flexibility index (Phi) is 5.15. The Labute approximate surface area is 167 Å². The molecule has 0 aliphatic heterocycles. The summed E-state index contributed by atoms with van der Waals surface area (Å²) in [6, 6.07) is 11.4. The lowest BCUT2D eigenvalue weighted by atomic mass is 10.1. The van der Waals surface area contributed by atoms with Gasteiger partial charge < -0.3 is 16.0 Å². The van der Waals surface area contributed by atoms with Gasteiger partial charge >= 0.3 is 0 Å². The summed E-state index contributed by atoms with van der Waals surface area (Å²) in [5, 5.41) is 21.9. The summed E-state index contributed by atoms with van der Waals surface area (Å²) in [5.41, 5.74) is 4.96. The summed E-state index contributed by atoms with van der Waals surface area (Å²) in [5.74, 6) is 1.22. The molecule has 3 N–H and O–H groups in total. The molecule has 0 amide bonds. The molecule has 4 heterocycles. The molecule has 8 heteroatoms. The predicted molar refractivity (Wildman–Crippen MR) is 114 cm³/mol. The summed E-state index contributed by atoms with van der Waals surface area (Å²) < 4.78 is 0. The van der Waals surface area contributed by atoms with E-state index < -0.39 is 0 Å². The van der Waals surface area contributed by atoms with Crippen molar-refractivity contribution in [2.24, 2.45) is 0 Å². The normalized spacial score (nSPS) is 11.3. The predicted octanol–water partition coefficient (Wildman–Crippen LogP) is 3.44. The second kappa shape index (κ2) is 8.22. The highest BCUT2D eigenvalue weighted by atomic mass is 15.2. The summed E-state index contributed by atoms with van der Waals surface area (Å²) in [4.78, 5) is 13.1. The highest BCUT2D eigenvalue weighted by Gasteiger charge is 2.06. The lowest BCUT2D eigenvalue weighted by molar-refractivity contribution is 1.03. The number of nitrogens with one attached hydrogen (secondary N) is 3. The van der Waals surface area contributed by atoms with Gasteiger partial charge in [-0.25, -0.2) is 4.98 Å². The maximum atomic E-state index is 7.58. The maximum Gasteiger partial charge on any atom is 0.154 e. The topological polar surface area (TPSA) is 112 Å². The van der Waals surface area contributed by atoms with Crippen LogP contribution in [0.15, 0.2) is 67.4 Å². The molecule has 0 aliphatic rings. The van der Waals surface area contributed by atoms with Crippen LogP contribution in [-0.2, 0) is 0 Å². The molecule has 4 aromatic heterocycles. The average molecular weight is 382 g/mol. The van der Waals surface area contributed by atoms with Crippen molar-refractivity contribution in [2.45, 2.75) is 0 Å². The molecule has 0 aromatic carbocycles. The van der Waals surface area contributed by atoms with Crippen molar-refractivity contribution in [1.82, 2.24) is 30.5 Å². The lowest BCUT2D eigenvalue weighted by Gasteiger charge is -2.08. The van der Waals surface area contributed by atoms with Crippen molar-refractivity contribution < 1.29 is 0 Å². The Hall–Kier alpha value is -4.20. The quantitative estimate of drug-likeness (QED) is 0.438. The van der Waals surface area contributed by atoms with Crippen molar-refractivity contribution >= 4 is 34.5 Å². The van der Waals surface area contributed by atoms with Crippen molar-refractivity contribution in [1.29, 1.82) is 5.41 Å². The molecule has 0 saturated carbocycles. The van der Waals surface area contributed by atoms with Crippen LogP contribution < -0.4 is 10.6 Å². The Morgan fingerprint density at radius 1 is 0.966 bits per heavy atom. The first-order chi connectivity index (χ1) is 14.3. The molecule has 29 heavy (non-hydrogen) atoms. The zero-order chi connectivity index (χ0) is 20.1. The molecule has 0 saturated heterocycles. The minimum Gasteiger partial charge on any atom is -0.393 e. The standard InChI is InChI=1S/C21H18N8/c1-23-11-17(10-22)15-8-19-18(25-12-15)2-3-20(27-19)28-21-9-16(13-26-29-21)14-4-6-24-7-5-14/h2-13,22-23H,1H3,(H,27,28,29)/b17-11+,22-10?. The minimum absolute atomic E-state index is 0.588. The van der Waals surface area contributed by atoms with Crippen molar-refractivity contribution in [3.63, 3.8) is 0 Å². The molecule has 0 spiro atoms. The Balaban J connectivity index is 1.65. The van der Waals surface area contributed by atoms with Gasteiger partial charge in [-0.15, -0.1) is 5.10 Å². The first-order valence-corrected chi connectivity index (χ1v) is 8.92. The Bertz CT molecular complexity index is 1190. The van der Waals surface area contributed by atoms with Gasteiger partial charge in [0.25, 0.3) is 0 Å². The SMILES string of the molecule is CN/C=C(\C=N)c1cnc2ccc(Nc3cc(-c4ccncc4)cnn3)nc2c1. The van der Waals surface area contributed by atoms with Gasteiger partial charge in [-0.2, -0.15) is 5.10 Å². The van der Waals surface area contributed by atoms with Crippen LogP contribution in [0.2, 0.25) is 0 Å². The van der Waals surface area contributed by atoms with Gasteiger partial charge in [0.1, 0.15) is 5.82 Å². The molecule has 4 rings (SSSR count). The molecule has 0 unspecified atom stereocenters. The second-order valence-corrected chi connectivity index (χ2v) is 6.18. The van der Waals surface area contributed by atoms with Gasteiger partial charge in [-0.1, -0.05) is 0 Å². The van der Waals surface area contributed by atoms with Crippen LogP contribution in [-0.4, -0.2) is 38.4 Å². The number of pyridine rings is 3. The Morgan fingerprint density at radius 2 is 1.83 bits per heavy atom. The molecule has 0 atom stereocenters. The summed E-state index contributed by atoms with van der Waals surface area (Å²) in [7, 11) is 1.79. The zero-order valence-electron chi connectivity index (χ0n) is 15.7. The largest absolute Gasteiger partial charge is 0.393 e. The van der Waals surface area contributed by atoms with Crippen LogP contribution in [0.4, 0.5) is 11.6 Å². The van der Waals surface area contributed by atoms with E-state index in [2.05, 4.69) is 35.8 Å². The van der Waals surface area contributed by atoms with Gasteiger partial charge in [0.2, 0.25) is 0 Å². The fraction of sp³-hybridized carbons (Fsp3) is 0.0476. The number of fused-ring (bicyclic) bond motifs is 1. The van der Waals surface area contributed by atoms with E-state index >= 15 is 0 Å². The first-order valence-electron chi connectivity index (χ1n) is 8.92. The third kappa shape index (κ3) is 4.06. The van der Waals surface area contributed by atoms with Gasteiger partial charge in [0, 0.05) is 54.8 Å². The highest BCUT2D eigenvalue weighted by Crippen LogP contribution is 2.23. The second-order valence-electron chi connectivity index (χ2n) is 6.18. The smallest absolute Gasteiger partial charge is 0.154 e. The van der Waals surface area contributed by atoms with Crippen molar-refractivity contribution in [2.75, 3.05) is 12.4 Å². The van der Waals surface area contributed by atoms with Crippen molar-refractivity contribution in [3.8, 4) is 11.1 Å². The molecule has 8 nitrogen and oxygen atoms in total. The summed E-state index contributed by atoms with van der Waals surface area (Å²) in [6.07, 6.45) is 9.94. The number of rotatable bonds is 6. The number of hydrogen-bond acceptors (Lipinski definition) is 8. The van der Waals surface area contributed by atoms with E-state index in [0.29, 0.717) is 11.6 Å². The van der Waals surface area contributed by atoms with Gasteiger partial charge in [-0.05, 0) is 42.0 Å². The molecular weight excluding hydrogens is 364 g/mol. The molecule has 0 fully saturated rings. The molecule has 142 valence electrons. The number of hydrogen-bond donors (Lipinski definition) is 3. The highest BCUT2D eigenvalue weighted by molar-refractivity contribution is 6.08. The molecule has 0 bridgehead atoms. The maximum absolute atomic E-state index is 7.58. The van der Waals surface area contributed by atoms with E-state index in [1.165, 1.54) is 6.21 Å². The number of nitrogens with zero attached hydrogens (tertiary/aromatic N) is 5. The van der Waals surface area contributed by atoms with E-state index in [0.717, 1.165) is 33.3 Å².